The number of fused-ring (bicyclic) bond motifs is 1. The number of benzene rings is 4. The maximum Gasteiger partial charge on any atom is 0.0265 e. The van der Waals surface area contributed by atoms with E-state index in [0.717, 1.165) is 29.0 Å². The van der Waals surface area contributed by atoms with Gasteiger partial charge in [0.2, 0.25) is 0 Å². The van der Waals surface area contributed by atoms with Crippen LogP contribution >= 0.6 is 63.7 Å². The van der Waals surface area contributed by atoms with Crippen LogP contribution in [0.25, 0.3) is 33.0 Å². The third-order valence-corrected chi connectivity index (χ3v) is 7.68. The van der Waals surface area contributed by atoms with Gasteiger partial charge in [0, 0.05) is 17.9 Å². The van der Waals surface area contributed by atoms with Gasteiger partial charge < -0.3 is 0 Å². The maximum atomic E-state index is 3.78. The van der Waals surface area contributed by atoms with Crippen molar-refractivity contribution in [1.82, 2.24) is 0 Å². The van der Waals surface area contributed by atoms with E-state index in [1.54, 1.807) is 0 Å². The summed E-state index contributed by atoms with van der Waals surface area (Å²) in [6.07, 6.45) is 0. The Morgan fingerprint density at radius 2 is 0.893 bits per heavy atom. The van der Waals surface area contributed by atoms with Crippen molar-refractivity contribution in [3.8, 4) is 22.3 Å². The van der Waals surface area contributed by atoms with Gasteiger partial charge in [0.15, 0.2) is 0 Å². The second-order valence-electron chi connectivity index (χ2n) is 6.91. The first kappa shape index (κ1) is 20.3. The highest BCUT2D eigenvalue weighted by molar-refractivity contribution is 9.11. The molecule has 0 nitrogen and oxygen atoms in total. The molecule has 0 unspecified atom stereocenters. The average Bonchev–Trinajstić information content (AvgIpc) is 2.65. The minimum absolute atomic E-state index is 1.05. The number of halogens is 4. The highest BCUT2D eigenvalue weighted by atomic mass is 79.9. The van der Waals surface area contributed by atoms with Crippen LogP contribution in [0.2, 0.25) is 0 Å². The molecular formula is C24H16Br4. The summed E-state index contributed by atoms with van der Waals surface area (Å²) >= 11 is 15.1. The van der Waals surface area contributed by atoms with Crippen LogP contribution in [0.15, 0.2) is 78.6 Å². The van der Waals surface area contributed by atoms with E-state index in [4.69, 9.17) is 0 Å². The van der Waals surface area contributed by atoms with Gasteiger partial charge in [-0.3, -0.25) is 0 Å². The van der Waals surface area contributed by atoms with Gasteiger partial charge in [0.05, 0.1) is 0 Å². The molecule has 4 rings (SSSR count). The molecule has 0 saturated heterocycles. The predicted octanol–water partition coefficient (Wildman–Crippen LogP) is 9.84. The van der Waals surface area contributed by atoms with Crippen molar-refractivity contribution >= 4 is 74.5 Å². The van der Waals surface area contributed by atoms with Crippen LogP contribution < -0.4 is 0 Å². The number of rotatable bonds is 2. The van der Waals surface area contributed by atoms with E-state index < -0.39 is 0 Å². The smallest absolute Gasteiger partial charge is 0.0265 e. The van der Waals surface area contributed by atoms with Crippen molar-refractivity contribution < 1.29 is 0 Å². The molecule has 0 amide bonds. The molecule has 0 fully saturated rings. The lowest BCUT2D eigenvalue weighted by atomic mass is 9.95. The minimum atomic E-state index is 1.05. The Kier molecular flexibility index (Phi) is 5.85. The average molecular weight is 624 g/mol. The standard InChI is InChI=1S/C24H16Br4/c1-13-7-17(21(25)8-14(13)2)19-11-20(24(28)12-23(19)27)18-9-15-5-3-4-6-16(15)10-22(18)26/h3-12H,1-2H3. The Hall–Kier alpha value is -0.940. The molecule has 28 heavy (non-hydrogen) atoms. The SMILES string of the molecule is Cc1cc(Br)c(-c2cc(-c3cc4ccccc4cc3Br)c(Br)cc2Br)cc1C. The summed E-state index contributed by atoms with van der Waals surface area (Å²) < 4.78 is 4.30. The van der Waals surface area contributed by atoms with Gasteiger partial charge in [-0.1, -0.05) is 94.1 Å². The van der Waals surface area contributed by atoms with Gasteiger partial charge in [-0.2, -0.15) is 0 Å². The fourth-order valence-corrected chi connectivity index (χ4v) is 6.04. The van der Waals surface area contributed by atoms with Crippen molar-refractivity contribution in [1.29, 1.82) is 0 Å². The van der Waals surface area contributed by atoms with Gasteiger partial charge >= 0.3 is 0 Å². The molecule has 0 aliphatic carbocycles. The fourth-order valence-electron chi connectivity index (χ4n) is 3.37. The van der Waals surface area contributed by atoms with E-state index in [0.29, 0.717) is 0 Å². The highest BCUT2D eigenvalue weighted by Gasteiger charge is 2.15. The molecule has 0 bridgehead atoms. The molecule has 0 N–H and O–H groups in total. The first-order chi connectivity index (χ1) is 13.3. The molecule has 0 saturated carbocycles. The molecule has 0 aliphatic rings. The molecule has 140 valence electrons. The molecule has 0 radical (unpaired) electrons. The second kappa shape index (κ2) is 8.06. The summed E-state index contributed by atoms with van der Waals surface area (Å²) in [5.41, 5.74) is 7.22. The topological polar surface area (TPSA) is 0 Å². The lowest BCUT2D eigenvalue weighted by molar-refractivity contribution is 1.33. The first-order valence-electron chi connectivity index (χ1n) is 8.80. The largest absolute Gasteiger partial charge is 0.0616 e. The third-order valence-electron chi connectivity index (χ3n) is 5.06. The molecule has 4 aromatic carbocycles. The monoisotopic (exact) mass is 620 g/mol. The van der Waals surface area contributed by atoms with Gasteiger partial charge in [-0.05, 0) is 88.3 Å². The van der Waals surface area contributed by atoms with Gasteiger partial charge in [0.25, 0.3) is 0 Å². The summed E-state index contributed by atoms with van der Waals surface area (Å²) in [5.74, 6) is 0. The molecule has 0 spiro atoms. The van der Waals surface area contributed by atoms with E-state index in [-0.39, 0.29) is 0 Å². The Labute approximate surface area is 198 Å². The van der Waals surface area contributed by atoms with E-state index in [2.05, 4.69) is 138 Å². The van der Waals surface area contributed by atoms with Crippen molar-refractivity contribution in [2.75, 3.05) is 0 Å². The van der Waals surface area contributed by atoms with E-state index in [9.17, 15) is 0 Å². The third kappa shape index (κ3) is 3.77. The lowest BCUT2D eigenvalue weighted by Gasteiger charge is -2.15. The van der Waals surface area contributed by atoms with Crippen LogP contribution in [0.3, 0.4) is 0 Å². The van der Waals surface area contributed by atoms with Crippen LogP contribution in [0.4, 0.5) is 0 Å². The van der Waals surface area contributed by atoms with E-state index in [1.807, 2.05) is 0 Å². The van der Waals surface area contributed by atoms with Crippen LogP contribution in [-0.2, 0) is 0 Å². The van der Waals surface area contributed by atoms with Crippen LogP contribution in [0, 0.1) is 13.8 Å². The molecule has 0 atom stereocenters. The Morgan fingerprint density at radius 1 is 0.464 bits per heavy atom. The minimum Gasteiger partial charge on any atom is -0.0616 e. The summed E-state index contributed by atoms with van der Waals surface area (Å²) in [6, 6.07) is 21.7. The summed E-state index contributed by atoms with van der Waals surface area (Å²) in [7, 11) is 0. The summed E-state index contributed by atoms with van der Waals surface area (Å²) in [5, 5.41) is 2.45. The fraction of sp³-hybridized carbons (Fsp3) is 0.0833. The van der Waals surface area contributed by atoms with E-state index in [1.165, 1.54) is 33.0 Å². The van der Waals surface area contributed by atoms with Crippen molar-refractivity contribution in [2.45, 2.75) is 13.8 Å². The maximum absolute atomic E-state index is 3.78. The van der Waals surface area contributed by atoms with E-state index >= 15 is 0 Å². The molecule has 0 aromatic heterocycles. The zero-order valence-corrected chi connectivity index (χ0v) is 21.6. The van der Waals surface area contributed by atoms with Gasteiger partial charge in [-0.25, -0.2) is 0 Å². The highest BCUT2D eigenvalue weighted by Crippen LogP contribution is 2.43. The molecule has 4 heteroatoms. The van der Waals surface area contributed by atoms with Gasteiger partial charge in [-0.15, -0.1) is 0 Å². The molecular weight excluding hydrogens is 608 g/mol. The first-order valence-corrected chi connectivity index (χ1v) is 12.0. The zero-order valence-electron chi connectivity index (χ0n) is 15.3. The quantitative estimate of drug-likeness (QED) is 0.209. The Bertz CT molecular complexity index is 1230. The number of aryl methyl sites for hydroxylation is 2. The number of hydrogen-bond donors (Lipinski definition) is 0. The Morgan fingerprint density at radius 3 is 1.54 bits per heavy atom. The van der Waals surface area contributed by atoms with Crippen molar-refractivity contribution in [2.24, 2.45) is 0 Å². The van der Waals surface area contributed by atoms with Crippen molar-refractivity contribution in [3.63, 3.8) is 0 Å². The summed E-state index contributed by atoms with van der Waals surface area (Å²) in [4.78, 5) is 0. The zero-order chi connectivity index (χ0) is 20.0. The lowest BCUT2D eigenvalue weighted by Crippen LogP contribution is -1.90. The molecule has 0 aliphatic heterocycles. The van der Waals surface area contributed by atoms with Crippen LogP contribution in [0.1, 0.15) is 11.1 Å². The van der Waals surface area contributed by atoms with Crippen LogP contribution in [-0.4, -0.2) is 0 Å². The van der Waals surface area contributed by atoms with Crippen molar-refractivity contribution in [3.05, 3.63) is 89.7 Å². The Balaban J connectivity index is 1.97. The second-order valence-corrected chi connectivity index (χ2v) is 10.3. The summed E-state index contributed by atoms with van der Waals surface area (Å²) in [6.45, 7) is 4.29. The van der Waals surface area contributed by atoms with Crippen LogP contribution in [0.5, 0.6) is 0 Å². The van der Waals surface area contributed by atoms with Gasteiger partial charge in [0.1, 0.15) is 0 Å². The molecule has 4 aromatic rings. The number of hydrogen-bond acceptors (Lipinski definition) is 0. The predicted molar refractivity (Wildman–Crippen MR) is 135 cm³/mol. The normalized spacial score (nSPS) is 11.2. The molecule has 0 heterocycles.